The van der Waals surface area contributed by atoms with Gasteiger partial charge in [0.15, 0.2) is 6.10 Å². The van der Waals surface area contributed by atoms with Crippen molar-refractivity contribution in [1.29, 1.82) is 0 Å². The van der Waals surface area contributed by atoms with E-state index in [1.54, 1.807) is 0 Å². The van der Waals surface area contributed by atoms with Crippen molar-refractivity contribution >= 4 is 11.9 Å². The van der Waals surface area contributed by atoms with Gasteiger partial charge in [-0.05, 0) is 12.8 Å². The fourth-order valence-corrected chi connectivity index (χ4v) is 4.25. The fraction of sp³-hybridized carbons (Fsp3) is 0.931. The molecular formula is C29H58ClNO4. The number of esters is 2. The van der Waals surface area contributed by atoms with Crippen molar-refractivity contribution in [3.05, 3.63) is 0 Å². The molecule has 0 rings (SSSR count). The van der Waals surface area contributed by atoms with Crippen molar-refractivity contribution in [2.24, 2.45) is 0 Å². The number of unbranched alkanes of at least 4 members (excludes halogenated alkanes) is 15. The number of ether oxygens (including phenoxy) is 2. The molecule has 0 aromatic carbocycles. The van der Waals surface area contributed by atoms with Crippen molar-refractivity contribution in [2.75, 3.05) is 34.3 Å². The number of hydrogen-bond donors (Lipinski definition) is 0. The Morgan fingerprint density at radius 3 is 1.51 bits per heavy atom. The monoisotopic (exact) mass is 519 g/mol. The third-order valence-corrected chi connectivity index (χ3v) is 6.19. The van der Waals surface area contributed by atoms with Crippen LogP contribution in [0, 0.1) is 0 Å². The predicted octanol–water partition coefficient (Wildman–Crippen LogP) is 4.60. The van der Waals surface area contributed by atoms with Crippen LogP contribution in [0.2, 0.25) is 0 Å². The van der Waals surface area contributed by atoms with E-state index >= 15 is 0 Å². The number of rotatable bonds is 24. The van der Waals surface area contributed by atoms with E-state index in [9.17, 15) is 9.59 Å². The Morgan fingerprint density at radius 2 is 1.06 bits per heavy atom. The van der Waals surface area contributed by atoms with Gasteiger partial charge in [0, 0.05) is 6.42 Å². The molecule has 210 valence electrons. The van der Waals surface area contributed by atoms with Crippen LogP contribution < -0.4 is 12.4 Å². The summed E-state index contributed by atoms with van der Waals surface area (Å²) in [5.74, 6) is -0.440. The maximum atomic E-state index is 12.3. The Bertz CT molecular complexity index is 494. The summed E-state index contributed by atoms with van der Waals surface area (Å²) >= 11 is 0. The van der Waals surface area contributed by atoms with E-state index in [1.165, 1.54) is 83.5 Å². The summed E-state index contributed by atoms with van der Waals surface area (Å²) < 4.78 is 11.8. The second-order valence-corrected chi connectivity index (χ2v) is 11.1. The van der Waals surface area contributed by atoms with E-state index in [2.05, 4.69) is 13.8 Å². The first kappa shape index (κ1) is 36.3. The van der Waals surface area contributed by atoms with Crippen LogP contribution in [0.25, 0.3) is 0 Å². The Balaban J connectivity index is 0. The number of carbonyl (C=O) groups excluding carboxylic acids is 2. The lowest BCUT2D eigenvalue weighted by Gasteiger charge is -2.28. The molecule has 0 aliphatic carbocycles. The van der Waals surface area contributed by atoms with Gasteiger partial charge in [-0.25, -0.2) is 0 Å². The zero-order valence-corrected chi connectivity index (χ0v) is 24.6. The molecule has 0 aromatic heterocycles. The molecule has 0 bridgehead atoms. The summed E-state index contributed by atoms with van der Waals surface area (Å²) in [5, 5.41) is 0. The average Bonchev–Trinajstić information content (AvgIpc) is 2.75. The van der Waals surface area contributed by atoms with Gasteiger partial charge >= 0.3 is 11.9 Å². The molecule has 0 aliphatic rings. The van der Waals surface area contributed by atoms with Crippen LogP contribution >= 0.6 is 0 Å². The van der Waals surface area contributed by atoms with Gasteiger partial charge in [-0.3, -0.25) is 9.59 Å². The second kappa shape index (κ2) is 24.9. The summed E-state index contributed by atoms with van der Waals surface area (Å²) in [7, 11) is 6.14. The molecule has 0 heterocycles. The van der Waals surface area contributed by atoms with Crippen molar-refractivity contribution in [3.63, 3.8) is 0 Å². The second-order valence-electron chi connectivity index (χ2n) is 11.1. The van der Waals surface area contributed by atoms with Crippen molar-refractivity contribution in [3.8, 4) is 0 Å². The number of quaternary nitrogens is 1. The molecule has 0 N–H and O–H groups in total. The van der Waals surface area contributed by atoms with Gasteiger partial charge in [-0.2, -0.15) is 0 Å². The lowest BCUT2D eigenvalue weighted by Crippen LogP contribution is -3.00. The largest absolute Gasteiger partial charge is 1.00 e. The molecule has 0 fully saturated rings. The van der Waals surface area contributed by atoms with Gasteiger partial charge < -0.3 is 26.4 Å². The SMILES string of the molecule is CCCCCCCCCCCCCOC(=O)C[C@H](C[N+](C)(C)C)OC(=O)CCCCCCCC.[Cl-]. The molecule has 0 saturated heterocycles. The molecule has 0 unspecified atom stereocenters. The highest BCUT2D eigenvalue weighted by molar-refractivity contribution is 5.72. The topological polar surface area (TPSA) is 52.6 Å². The molecule has 0 aliphatic heterocycles. The van der Waals surface area contributed by atoms with Crippen LogP contribution in [-0.4, -0.2) is 56.8 Å². The first-order valence-corrected chi connectivity index (χ1v) is 14.4. The summed E-state index contributed by atoms with van der Waals surface area (Å²) in [6.07, 6.45) is 21.0. The molecule has 0 amide bonds. The van der Waals surface area contributed by atoms with Crippen LogP contribution in [-0.2, 0) is 19.1 Å². The average molecular weight is 520 g/mol. The minimum Gasteiger partial charge on any atom is -1.00 e. The third kappa shape index (κ3) is 27.6. The number of likely N-dealkylation sites (N-methyl/N-ethyl adjacent to an activating group) is 1. The Hall–Kier alpha value is -0.810. The molecule has 6 heteroatoms. The third-order valence-electron chi connectivity index (χ3n) is 6.19. The van der Waals surface area contributed by atoms with E-state index < -0.39 is 6.10 Å². The quantitative estimate of drug-likeness (QED) is 0.106. The van der Waals surface area contributed by atoms with Crippen molar-refractivity contribution < 1.29 is 36.0 Å². The molecule has 35 heavy (non-hydrogen) atoms. The molecule has 0 aromatic rings. The Morgan fingerprint density at radius 1 is 0.629 bits per heavy atom. The van der Waals surface area contributed by atoms with E-state index in [4.69, 9.17) is 9.47 Å². The predicted molar refractivity (Wildman–Crippen MR) is 143 cm³/mol. The van der Waals surface area contributed by atoms with Gasteiger partial charge in [-0.15, -0.1) is 0 Å². The smallest absolute Gasteiger partial charge is 0.309 e. The van der Waals surface area contributed by atoms with Crippen LogP contribution in [0.1, 0.15) is 136 Å². The normalized spacial score (nSPS) is 12.1. The maximum absolute atomic E-state index is 12.3. The lowest BCUT2D eigenvalue weighted by atomic mass is 10.1. The van der Waals surface area contributed by atoms with Gasteiger partial charge in [0.25, 0.3) is 0 Å². The lowest BCUT2D eigenvalue weighted by molar-refractivity contribution is -0.873. The van der Waals surface area contributed by atoms with Gasteiger partial charge in [0.2, 0.25) is 0 Å². The summed E-state index contributed by atoms with van der Waals surface area (Å²) in [6.45, 7) is 5.54. The molecule has 0 radical (unpaired) electrons. The van der Waals surface area contributed by atoms with Crippen LogP contribution in [0.3, 0.4) is 0 Å². The Kier molecular flexibility index (Phi) is 25.8. The minimum atomic E-state index is -0.419. The van der Waals surface area contributed by atoms with E-state index in [-0.39, 0.29) is 30.8 Å². The summed E-state index contributed by atoms with van der Waals surface area (Å²) in [4.78, 5) is 24.6. The number of nitrogens with zero attached hydrogens (tertiary/aromatic N) is 1. The van der Waals surface area contributed by atoms with E-state index in [1.807, 2.05) is 21.1 Å². The van der Waals surface area contributed by atoms with Crippen molar-refractivity contribution in [2.45, 2.75) is 142 Å². The highest BCUT2D eigenvalue weighted by atomic mass is 35.5. The van der Waals surface area contributed by atoms with Crippen LogP contribution in [0.4, 0.5) is 0 Å². The first-order valence-electron chi connectivity index (χ1n) is 14.4. The number of hydrogen-bond acceptors (Lipinski definition) is 4. The molecule has 0 saturated carbocycles. The number of carbonyl (C=O) groups is 2. The standard InChI is InChI=1S/C29H58NO4.ClH/c1-6-8-10-12-14-15-16-17-18-20-22-24-33-29(32)25-27(26-30(3,4)5)34-28(31)23-21-19-13-11-9-7-2;/h27H,6-26H2,1-5H3;1H/q+1;/p-1/t27-;/m1./s1. The zero-order valence-electron chi connectivity index (χ0n) is 23.9. The van der Waals surface area contributed by atoms with Gasteiger partial charge in [-0.1, -0.05) is 110 Å². The summed E-state index contributed by atoms with van der Waals surface area (Å²) in [5.41, 5.74) is 0. The highest BCUT2D eigenvalue weighted by Gasteiger charge is 2.25. The van der Waals surface area contributed by atoms with Gasteiger partial charge in [0.1, 0.15) is 6.54 Å². The number of halogens is 1. The maximum Gasteiger partial charge on any atom is 0.309 e. The van der Waals surface area contributed by atoms with Crippen LogP contribution in [0.15, 0.2) is 0 Å². The fourth-order valence-electron chi connectivity index (χ4n) is 4.25. The molecule has 0 spiro atoms. The van der Waals surface area contributed by atoms with Crippen LogP contribution in [0.5, 0.6) is 0 Å². The molecular weight excluding hydrogens is 462 g/mol. The first-order chi connectivity index (χ1) is 16.3. The van der Waals surface area contributed by atoms with Gasteiger partial charge in [0.05, 0.1) is 34.2 Å². The van der Waals surface area contributed by atoms with E-state index in [0.29, 0.717) is 24.1 Å². The molecule has 5 nitrogen and oxygen atoms in total. The Labute approximate surface area is 224 Å². The summed E-state index contributed by atoms with van der Waals surface area (Å²) in [6, 6.07) is 0. The minimum absolute atomic E-state index is 0. The van der Waals surface area contributed by atoms with E-state index in [0.717, 1.165) is 25.7 Å². The van der Waals surface area contributed by atoms with Crippen molar-refractivity contribution in [1.82, 2.24) is 0 Å². The zero-order chi connectivity index (χ0) is 25.5. The molecule has 1 atom stereocenters. The highest BCUT2D eigenvalue weighted by Crippen LogP contribution is 2.13.